The highest BCUT2D eigenvalue weighted by Gasteiger charge is 2.16. The first-order chi connectivity index (χ1) is 13.5. The van der Waals surface area contributed by atoms with Crippen molar-refractivity contribution in [1.82, 2.24) is 5.32 Å². The summed E-state index contributed by atoms with van der Waals surface area (Å²) >= 11 is 7.34. The number of nitrogens with zero attached hydrogens (tertiary/aromatic N) is 2. The van der Waals surface area contributed by atoms with E-state index in [9.17, 15) is 9.18 Å². The van der Waals surface area contributed by atoms with E-state index in [2.05, 4.69) is 15.5 Å². The number of carbonyl (C=O) groups is 1. The molecule has 0 aromatic heterocycles. The maximum Gasteiger partial charge on any atom is 0.236 e. The third-order valence-electron chi connectivity index (χ3n) is 3.61. The molecule has 1 aliphatic rings. The van der Waals surface area contributed by atoms with Crippen LogP contribution in [0.5, 0.6) is 11.5 Å². The summed E-state index contributed by atoms with van der Waals surface area (Å²) in [6.45, 7) is 2.50. The van der Waals surface area contributed by atoms with Crippen molar-refractivity contribution in [2.24, 2.45) is 10.2 Å². The summed E-state index contributed by atoms with van der Waals surface area (Å²) in [7, 11) is 0. The second-order valence-corrected chi connectivity index (χ2v) is 7.02. The van der Waals surface area contributed by atoms with Crippen molar-refractivity contribution in [3.05, 3.63) is 58.4 Å². The van der Waals surface area contributed by atoms with Crippen LogP contribution >= 0.6 is 23.4 Å². The van der Waals surface area contributed by atoms with Gasteiger partial charge in [0, 0.05) is 5.56 Å². The second kappa shape index (κ2) is 9.57. The summed E-state index contributed by atoms with van der Waals surface area (Å²) in [4.78, 5) is 11.1. The topological polar surface area (TPSA) is 72.3 Å². The Labute approximate surface area is 170 Å². The monoisotopic (exact) mass is 421 g/mol. The number of hydrogen-bond acceptors (Lipinski definition) is 6. The van der Waals surface area contributed by atoms with Gasteiger partial charge in [0.15, 0.2) is 16.7 Å². The highest BCUT2D eigenvalue weighted by atomic mass is 35.5. The summed E-state index contributed by atoms with van der Waals surface area (Å²) in [5, 5.41) is 11.3. The number of ether oxygens (including phenoxy) is 2. The Hall–Kier alpha value is -2.58. The maximum atomic E-state index is 13.2. The molecule has 6 nitrogen and oxygen atoms in total. The first kappa shape index (κ1) is 20.2. The zero-order valence-electron chi connectivity index (χ0n) is 14.9. The Morgan fingerprint density at radius 1 is 1.25 bits per heavy atom. The van der Waals surface area contributed by atoms with E-state index >= 15 is 0 Å². The Morgan fingerprint density at radius 3 is 2.82 bits per heavy atom. The van der Waals surface area contributed by atoms with Crippen molar-refractivity contribution in [3.63, 3.8) is 0 Å². The van der Waals surface area contributed by atoms with Crippen LogP contribution in [-0.2, 0) is 11.4 Å². The van der Waals surface area contributed by atoms with Gasteiger partial charge >= 0.3 is 0 Å². The van der Waals surface area contributed by atoms with Gasteiger partial charge in [-0.25, -0.2) is 4.39 Å². The Kier molecular flexibility index (Phi) is 6.89. The normalized spacial score (nSPS) is 15.2. The highest BCUT2D eigenvalue weighted by Crippen LogP contribution is 2.30. The number of amidine groups is 1. The molecule has 0 radical (unpaired) electrons. The molecule has 146 valence electrons. The summed E-state index contributed by atoms with van der Waals surface area (Å²) in [6, 6.07) is 9.49. The van der Waals surface area contributed by atoms with E-state index in [0.717, 1.165) is 5.56 Å². The lowest BCUT2D eigenvalue weighted by molar-refractivity contribution is -0.116. The molecule has 0 atom stereocenters. The minimum absolute atomic E-state index is 0.0830. The minimum atomic E-state index is -0.397. The lowest BCUT2D eigenvalue weighted by atomic mass is 10.2. The van der Waals surface area contributed by atoms with Crippen LogP contribution in [0.1, 0.15) is 18.1 Å². The number of hydrogen-bond donors (Lipinski definition) is 1. The molecule has 0 saturated carbocycles. The van der Waals surface area contributed by atoms with Gasteiger partial charge in [-0.15, -0.1) is 5.10 Å². The standard InChI is InChI=1S/C19H17ClFN3O3S/c1-2-26-17-7-12(9-22-24-19-23-18(25)11-28-19)3-6-16(17)27-10-13-4-5-14(21)8-15(13)20/h3-9H,2,10-11H2,1H3,(H,23,24,25). The van der Waals surface area contributed by atoms with Crippen LogP contribution < -0.4 is 14.8 Å². The molecule has 2 aromatic rings. The molecule has 1 saturated heterocycles. The van der Waals surface area contributed by atoms with Crippen LogP contribution in [0.15, 0.2) is 46.6 Å². The zero-order valence-corrected chi connectivity index (χ0v) is 16.5. The van der Waals surface area contributed by atoms with Gasteiger partial charge in [-0.05, 0) is 42.8 Å². The minimum Gasteiger partial charge on any atom is -0.490 e. The van der Waals surface area contributed by atoms with Crippen LogP contribution in [0.25, 0.3) is 0 Å². The van der Waals surface area contributed by atoms with Gasteiger partial charge in [0.25, 0.3) is 0 Å². The molecule has 1 amide bonds. The van der Waals surface area contributed by atoms with Gasteiger partial charge in [-0.1, -0.05) is 29.4 Å². The SMILES string of the molecule is CCOc1cc(C=NN=C2NC(=O)CS2)ccc1OCc1ccc(F)cc1Cl. The van der Waals surface area contributed by atoms with Crippen molar-refractivity contribution < 1.29 is 18.7 Å². The molecular formula is C19H17ClFN3O3S. The number of amides is 1. The third-order valence-corrected chi connectivity index (χ3v) is 4.82. The van der Waals surface area contributed by atoms with Gasteiger partial charge in [0.1, 0.15) is 12.4 Å². The summed E-state index contributed by atoms with van der Waals surface area (Å²) in [5.74, 6) is 0.949. The average Bonchev–Trinajstić information content (AvgIpc) is 3.08. The molecule has 0 unspecified atom stereocenters. The Morgan fingerprint density at radius 2 is 2.11 bits per heavy atom. The molecule has 0 spiro atoms. The van der Waals surface area contributed by atoms with E-state index in [1.807, 2.05) is 6.92 Å². The molecule has 1 heterocycles. The predicted molar refractivity (Wildman–Crippen MR) is 109 cm³/mol. The van der Waals surface area contributed by atoms with Gasteiger partial charge in [-0.2, -0.15) is 5.10 Å². The molecule has 0 bridgehead atoms. The van der Waals surface area contributed by atoms with E-state index in [-0.39, 0.29) is 12.5 Å². The first-order valence-electron chi connectivity index (χ1n) is 8.42. The molecule has 2 aromatic carbocycles. The van der Waals surface area contributed by atoms with E-state index in [0.29, 0.717) is 39.6 Å². The van der Waals surface area contributed by atoms with E-state index in [4.69, 9.17) is 21.1 Å². The van der Waals surface area contributed by atoms with Crippen LogP contribution in [0, 0.1) is 5.82 Å². The Balaban J connectivity index is 1.70. The molecule has 1 N–H and O–H groups in total. The molecule has 9 heteroatoms. The average molecular weight is 422 g/mol. The van der Waals surface area contributed by atoms with Crippen LogP contribution in [0.2, 0.25) is 5.02 Å². The number of thioether (sulfide) groups is 1. The lowest BCUT2D eigenvalue weighted by Gasteiger charge is -2.13. The molecule has 1 aliphatic heterocycles. The lowest BCUT2D eigenvalue weighted by Crippen LogP contribution is -2.19. The molecule has 1 fully saturated rings. The smallest absolute Gasteiger partial charge is 0.236 e. The predicted octanol–water partition coefficient (Wildman–Crippen LogP) is 4.01. The summed E-state index contributed by atoms with van der Waals surface area (Å²) < 4.78 is 24.6. The van der Waals surface area contributed by atoms with Gasteiger partial charge in [-0.3, -0.25) is 4.79 Å². The fourth-order valence-corrected chi connectivity index (χ4v) is 3.17. The number of halogens is 2. The maximum absolute atomic E-state index is 13.2. The molecule has 28 heavy (non-hydrogen) atoms. The van der Waals surface area contributed by atoms with Crippen molar-refractivity contribution in [2.75, 3.05) is 12.4 Å². The Bertz CT molecular complexity index is 937. The van der Waals surface area contributed by atoms with E-state index in [1.165, 1.54) is 23.9 Å². The van der Waals surface area contributed by atoms with Crippen LogP contribution in [0.4, 0.5) is 4.39 Å². The van der Waals surface area contributed by atoms with Crippen LogP contribution in [0.3, 0.4) is 0 Å². The van der Waals surface area contributed by atoms with Crippen molar-refractivity contribution in [2.45, 2.75) is 13.5 Å². The fraction of sp³-hybridized carbons (Fsp3) is 0.211. The number of carbonyl (C=O) groups excluding carboxylic acids is 1. The van der Waals surface area contributed by atoms with Crippen LogP contribution in [-0.4, -0.2) is 29.6 Å². The summed E-state index contributed by atoms with van der Waals surface area (Å²) in [6.07, 6.45) is 1.56. The van der Waals surface area contributed by atoms with Crippen molar-refractivity contribution in [1.29, 1.82) is 0 Å². The number of rotatable bonds is 7. The second-order valence-electron chi connectivity index (χ2n) is 5.65. The van der Waals surface area contributed by atoms with Gasteiger partial charge < -0.3 is 14.8 Å². The van der Waals surface area contributed by atoms with Crippen molar-refractivity contribution >= 4 is 40.7 Å². The first-order valence-corrected chi connectivity index (χ1v) is 9.78. The zero-order chi connectivity index (χ0) is 19.9. The number of nitrogens with one attached hydrogen (secondary N) is 1. The number of benzene rings is 2. The van der Waals surface area contributed by atoms with E-state index in [1.54, 1.807) is 30.5 Å². The molecule has 0 aliphatic carbocycles. The van der Waals surface area contributed by atoms with E-state index < -0.39 is 5.82 Å². The van der Waals surface area contributed by atoms with Gasteiger partial charge in [0.05, 0.1) is 23.6 Å². The van der Waals surface area contributed by atoms with Gasteiger partial charge in [0.2, 0.25) is 5.91 Å². The quantitative estimate of drug-likeness (QED) is 0.541. The summed E-state index contributed by atoms with van der Waals surface area (Å²) in [5.41, 5.74) is 1.43. The highest BCUT2D eigenvalue weighted by molar-refractivity contribution is 8.15. The fourth-order valence-electron chi connectivity index (χ4n) is 2.31. The van der Waals surface area contributed by atoms with Crippen molar-refractivity contribution in [3.8, 4) is 11.5 Å². The molecule has 3 rings (SSSR count). The third kappa shape index (κ3) is 5.46. The largest absolute Gasteiger partial charge is 0.490 e. The molecular weight excluding hydrogens is 405 g/mol.